The Labute approximate surface area is 149 Å². The summed E-state index contributed by atoms with van der Waals surface area (Å²) in [7, 11) is 0. The van der Waals surface area contributed by atoms with Crippen LogP contribution in [0.4, 0.5) is 0 Å². The number of allylic oxidation sites excluding steroid dienone is 1. The standard InChI is InChI=1S/C18H15Cl2NO3/c1-11-8-13(4-7-17(11)24-10-18(21)23)16(22)6-3-12-2-5-14(19)9-15(12)20/h2-9H,10H2,1H3,(H2,21,23)/b6-3+. The SMILES string of the molecule is Cc1cc(C(=O)/C=C/c2ccc(Cl)cc2Cl)ccc1OCC(N)=O. The molecule has 0 aromatic heterocycles. The molecule has 0 saturated heterocycles. The molecule has 2 aromatic carbocycles. The highest BCUT2D eigenvalue weighted by Gasteiger charge is 2.07. The summed E-state index contributed by atoms with van der Waals surface area (Å²) >= 11 is 11.9. The van der Waals surface area contributed by atoms with Gasteiger partial charge in [0.25, 0.3) is 5.91 Å². The number of halogens is 2. The van der Waals surface area contributed by atoms with Gasteiger partial charge < -0.3 is 10.5 Å². The number of nitrogens with two attached hydrogens (primary N) is 1. The van der Waals surface area contributed by atoms with Crippen molar-refractivity contribution in [1.82, 2.24) is 0 Å². The first kappa shape index (κ1) is 18.0. The number of hydrogen-bond donors (Lipinski definition) is 1. The van der Waals surface area contributed by atoms with Crippen molar-refractivity contribution in [2.75, 3.05) is 6.61 Å². The number of benzene rings is 2. The van der Waals surface area contributed by atoms with Gasteiger partial charge in [-0.3, -0.25) is 9.59 Å². The summed E-state index contributed by atoms with van der Waals surface area (Å²) in [5, 5.41) is 1.00. The third kappa shape index (κ3) is 4.85. The molecular weight excluding hydrogens is 349 g/mol. The van der Waals surface area contributed by atoms with Crippen molar-refractivity contribution in [3.8, 4) is 5.75 Å². The number of rotatable bonds is 6. The highest BCUT2D eigenvalue weighted by molar-refractivity contribution is 6.35. The molecule has 24 heavy (non-hydrogen) atoms. The zero-order chi connectivity index (χ0) is 17.7. The van der Waals surface area contributed by atoms with E-state index in [2.05, 4.69) is 0 Å². The molecule has 0 atom stereocenters. The lowest BCUT2D eigenvalue weighted by atomic mass is 10.1. The van der Waals surface area contributed by atoms with E-state index in [1.165, 1.54) is 6.08 Å². The van der Waals surface area contributed by atoms with Crippen molar-refractivity contribution in [1.29, 1.82) is 0 Å². The lowest BCUT2D eigenvalue weighted by Gasteiger charge is -2.08. The summed E-state index contributed by atoms with van der Waals surface area (Å²) in [6.45, 7) is 1.58. The third-order valence-corrected chi connectivity index (χ3v) is 3.77. The second-order valence-electron chi connectivity index (χ2n) is 5.10. The average molecular weight is 364 g/mol. The van der Waals surface area contributed by atoms with Crippen molar-refractivity contribution in [3.05, 3.63) is 69.2 Å². The fraction of sp³-hybridized carbons (Fsp3) is 0.111. The fourth-order valence-corrected chi connectivity index (χ4v) is 2.48. The van der Waals surface area contributed by atoms with Crippen LogP contribution in [0.15, 0.2) is 42.5 Å². The van der Waals surface area contributed by atoms with E-state index in [0.29, 0.717) is 26.9 Å². The van der Waals surface area contributed by atoms with Gasteiger partial charge in [-0.2, -0.15) is 0 Å². The van der Waals surface area contributed by atoms with Crippen LogP contribution in [0.5, 0.6) is 5.75 Å². The molecule has 124 valence electrons. The Morgan fingerprint density at radius 1 is 1.17 bits per heavy atom. The quantitative estimate of drug-likeness (QED) is 0.621. The maximum absolute atomic E-state index is 12.3. The Kier molecular flexibility index (Phi) is 6.01. The summed E-state index contributed by atoms with van der Waals surface area (Å²) in [4.78, 5) is 23.0. The molecule has 0 saturated carbocycles. The molecule has 2 N–H and O–H groups in total. The Morgan fingerprint density at radius 2 is 1.92 bits per heavy atom. The van der Waals surface area contributed by atoms with Crippen LogP contribution < -0.4 is 10.5 Å². The van der Waals surface area contributed by atoms with Crippen molar-refractivity contribution in [2.45, 2.75) is 6.92 Å². The zero-order valence-corrected chi connectivity index (χ0v) is 14.4. The molecule has 0 aliphatic carbocycles. The number of primary amides is 1. The minimum Gasteiger partial charge on any atom is -0.484 e. The summed E-state index contributed by atoms with van der Waals surface area (Å²) < 4.78 is 5.26. The van der Waals surface area contributed by atoms with Crippen molar-refractivity contribution >= 4 is 41.0 Å². The minimum absolute atomic E-state index is 0.175. The molecule has 0 spiro atoms. The van der Waals surface area contributed by atoms with Crippen molar-refractivity contribution < 1.29 is 14.3 Å². The Morgan fingerprint density at radius 3 is 2.54 bits per heavy atom. The topological polar surface area (TPSA) is 69.4 Å². The highest BCUT2D eigenvalue weighted by Crippen LogP contribution is 2.23. The molecule has 0 bridgehead atoms. The van der Waals surface area contributed by atoms with E-state index in [9.17, 15) is 9.59 Å². The molecule has 0 aliphatic heterocycles. The van der Waals surface area contributed by atoms with Crippen molar-refractivity contribution in [2.24, 2.45) is 5.73 Å². The molecule has 0 fully saturated rings. The van der Waals surface area contributed by atoms with Gasteiger partial charge in [-0.1, -0.05) is 29.3 Å². The van der Waals surface area contributed by atoms with Gasteiger partial charge in [0.05, 0.1) is 0 Å². The van der Waals surface area contributed by atoms with E-state index in [1.807, 2.05) is 0 Å². The van der Waals surface area contributed by atoms with Gasteiger partial charge in [0, 0.05) is 15.6 Å². The van der Waals surface area contributed by atoms with E-state index in [-0.39, 0.29) is 12.4 Å². The number of carbonyl (C=O) groups excluding carboxylic acids is 2. The summed E-state index contributed by atoms with van der Waals surface area (Å²) in [5.41, 5.74) is 6.98. The molecule has 4 nitrogen and oxygen atoms in total. The van der Waals surface area contributed by atoms with Crippen molar-refractivity contribution in [3.63, 3.8) is 0 Å². The third-order valence-electron chi connectivity index (χ3n) is 3.21. The van der Waals surface area contributed by atoms with Crippen LogP contribution in [0.3, 0.4) is 0 Å². The molecule has 6 heteroatoms. The predicted octanol–water partition coefficient (Wildman–Crippen LogP) is 4.06. The van der Waals surface area contributed by atoms with Crippen LogP contribution >= 0.6 is 23.2 Å². The van der Waals surface area contributed by atoms with Gasteiger partial charge in [-0.05, 0) is 60.5 Å². The number of carbonyl (C=O) groups is 2. The monoisotopic (exact) mass is 363 g/mol. The van der Waals surface area contributed by atoms with E-state index in [0.717, 1.165) is 5.56 Å². The molecule has 2 aromatic rings. The lowest BCUT2D eigenvalue weighted by molar-refractivity contribution is -0.119. The van der Waals surface area contributed by atoms with Crippen LogP contribution in [-0.2, 0) is 4.79 Å². The first-order valence-electron chi connectivity index (χ1n) is 7.06. The van der Waals surface area contributed by atoms with Gasteiger partial charge in [-0.25, -0.2) is 0 Å². The van der Waals surface area contributed by atoms with Gasteiger partial charge in [0.15, 0.2) is 12.4 Å². The average Bonchev–Trinajstić information content (AvgIpc) is 2.52. The minimum atomic E-state index is -0.558. The predicted molar refractivity (Wildman–Crippen MR) is 95.7 cm³/mol. The summed E-state index contributed by atoms with van der Waals surface area (Å²) in [6, 6.07) is 10.00. The van der Waals surface area contributed by atoms with E-state index in [4.69, 9.17) is 33.7 Å². The number of aryl methyl sites for hydroxylation is 1. The van der Waals surface area contributed by atoms with E-state index >= 15 is 0 Å². The summed E-state index contributed by atoms with van der Waals surface area (Å²) in [6.07, 6.45) is 3.07. The fourth-order valence-electron chi connectivity index (χ4n) is 2.01. The van der Waals surface area contributed by atoms with Crippen LogP contribution in [0.2, 0.25) is 10.0 Å². The van der Waals surface area contributed by atoms with Gasteiger partial charge in [0.1, 0.15) is 5.75 Å². The zero-order valence-electron chi connectivity index (χ0n) is 12.9. The molecule has 0 heterocycles. The number of ether oxygens (including phenoxy) is 1. The van der Waals surface area contributed by atoms with E-state index < -0.39 is 5.91 Å². The highest BCUT2D eigenvalue weighted by atomic mass is 35.5. The smallest absolute Gasteiger partial charge is 0.255 e. The van der Waals surface area contributed by atoms with Crippen LogP contribution in [0.25, 0.3) is 6.08 Å². The van der Waals surface area contributed by atoms with Crippen LogP contribution in [-0.4, -0.2) is 18.3 Å². The van der Waals surface area contributed by atoms with E-state index in [1.54, 1.807) is 49.4 Å². The molecule has 0 radical (unpaired) electrons. The van der Waals surface area contributed by atoms with Gasteiger partial charge >= 0.3 is 0 Å². The molecule has 2 rings (SSSR count). The molecule has 0 aliphatic rings. The second-order valence-corrected chi connectivity index (χ2v) is 5.94. The number of ketones is 1. The molecule has 0 unspecified atom stereocenters. The molecule has 1 amide bonds. The lowest BCUT2D eigenvalue weighted by Crippen LogP contribution is -2.20. The normalized spacial score (nSPS) is 10.8. The Balaban J connectivity index is 2.13. The van der Waals surface area contributed by atoms with Gasteiger partial charge in [-0.15, -0.1) is 0 Å². The first-order valence-corrected chi connectivity index (χ1v) is 7.81. The number of hydrogen-bond acceptors (Lipinski definition) is 3. The molecular formula is C18H15Cl2NO3. The Bertz CT molecular complexity index is 816. The maximum Gasteiger partial charge on any atom is 0.255 e. The Hall–Kier alpha value is -2.30. The number of amides is 1. The first-order chi connectivity index (χ1) is 11.4. The maximum atomic E-state index is 12.3. The second kappa shape index (κ2) is 7.99. The van der Waals surface area contributed by atoms with Gasteiger partial charge in [0.2, 0.25) is 0 Å². The largest absolute Gasteiger partial charge is 0.484 e. The van der Waals surface area contributed by atoms with Crippen LogP contribution in [0, 0.1) is 6.92 Å². The summed E-state index contributed by atoms with van der Waals surface area (Å²) in [5.74, 6) is -0.224. The van der Waals surface area contributed by atoms with Crippen LogP contribution in [0.1, 0.15) is 21.5 Å².